The second-order valence-electron chi connectivity index (χ2n) is 5.67. The molecule has 0 aliphatic carbocycles. The van der Waals surface area contributed by atoms with Crippen LogP contribution in [-0.4, -0.2) is 32.1 Å². The summed E-state index contributed by atoms with van der Waals surface area (Å²) in [6.07, 6.45) is 3.56. The SMILES string of the molecule is COC(=O)C(NC(=O)CCC1CCNCC1)c1ccccc1. The average Bonchev–Trinajstić information content (AvgIpc) is 2.59. The third-order valence-corrected chi connectivity index (χ3v) is 4.11. The summed E-state index contributed by atoms with van der Waals surface area (Å²) >= 11 is 0. The first-order valence-electron chi connectivity index (χ1n) is 7.83. The number of ether oxygens (including phenoxy) is 1. The summed E-state index contributed by atoms with van der Waals surface area (Å²) in [5.74, 6) is 0.0551. The van der Waals surface area contributed by atoms with Gasteiger partial charge >= 0.3 is 5.97 Å². The maximum Gasteiger partial charge on any atom is 0.333 e. The minimum absolute atomic E-state index is 0.0993. The summed E-state index contributed by atoms with van der Waals surface area (Å²) < 4.78 is 4.80. The van der Waals surface area contributed by atoms with E-state index in [1.165, 1.54) is 7.11 Å². The molecule has 1 aliphatic rings. The van der Waals surface area contributed by atoms with E-state index in [-0.39, 0.29) is 5.91 Å². The molecule has 5 nitrogen and oxygen atoms in total. The topological polar surface area (TPSA) is 67.4 Å². The molecule has 5 heteroatoms. The van der Waals surface area contributed by atoms with Crippen LogP contribution in [0.1, 0.15) is 37.3 Å². The van der Waals surface area contributed by atoms with Crippen LogP contribution < -0.4 is 10.6 Å². The number of benzene rings is 1. The van der Waals surface area contributed by atoms with Crippen molar-refractivity contribution < 1.29 is 14.3 Å². The highest BCUT2D eigenvalue weighted by Crippen LogP contribution is 2.19. The van der Waals surface area contributed by atoms with Crippen LogP contribution in [0.5, 0.6) is 0 Å². The van der Waals surface area contributed by atoms with Crippen molar-refractivity contribution in [2.24, 2.45) is 5.92 Å². The molecule has 1 aromatic carbocycles. The minimum atomic E-state index is -0.730. The minimum Gasteiger partial charge on any atom is -0.467 e. The van der Waals surface area contributed by atoms with E-state index < -0.39 is 12.0 Å². The first-order chi connectivity index (χ1) is 10.7. The van der Waals surface area contributed by atoms with E-state index in [2.05, 4.69) is 10.6 Å². The zero-order valence-corrected chi connectivity index (χ0v) is 13.0. The van der Waals surface area contributed by atoms with Crippen molar-refractivity contribution in [2.75, 3.05) is 20.2 Å². The Morgan fingerprint density at radius 2 is 1.95 bits per heavy atom. The Balaban J connectivity index is 1.89. The molecule has 2 rings (SSSR count). The molecular formula is C17H24N2O3. The van der Waals surface area contributed by atoms with E-state index in [1.54, 1.807) is 0 Å². The Hall–Kier alpha value is -1.88. The van der Waals surface area contributed by atoms with Gasteiger partial charge in [-0.3, -0.25) is 4.79 Å². The van der Waals surface area contributed by atoms with Crippen LogP contribution in [0.4, 0.5) is 0 Å². The maximum atomic E-state index is 12.2. The van der Waals surface area contributed by atoms with Gasteiger partial charge in [-0.1, -0.05) is 30.3 Å². The number of piperidine rings is 1. The largest absolute Gasteiger partial charge is 0.467 e. The third kappa shape index (κ3) is 4.84. The Labute approximate surface area is 131 Å². The van der Waals surface area contributed by atoms with Crippen molar-refractivity contribution in [2.45, 2.75) is 31.7 Å². The second kappa shape index (κ2) is 8.54. The van der Waals surface area contributed by atoms with Crippen molar-refractivity contribution in [3.05, 3.63) is 35.9 Å². The normalized spacial score (nSPS) is 16.8. The summed E-state index contributed by atoms with van der Waals surface area (Å²) in [5, 5.41) is 6.11. The molecule has 120 valence electrons. The zero-order valence-electron chi connectivity index (χ0n) is 13.0. The molecule has 0 saturated carbocycles. The van der Waals surface area contributed by atoms with Crippen molar-refractivity contribution >= 4 is 11.9 Å². The summed E-state index contributed by atoms with van der Waals surface area (Å²) in [6.45, 7) is 2.06. The number of amides is 1. The van der Waals surface area contributed by atoms with Gasteiger partial charge in [-0.2, -0.15) is 0 Å². The predicted octanol–water partition coefficient (Wildman–Crippen LogP) is 1.80. The molecule has 0 aromatic heterocycles. The van der Waals surface area contributed by atoms with Crippen molar-refractivity contribution in [3.63, 3.8) is 0 Å². The van der Waals surface area contributed by atoms with Crippen molar-refractivity contribution in [1.82, 2.24) is 10.6 Å². The van der Waals surface area contributed by atoms with Crippen molar-refractivity contribution in [3.8, 4) is 0 Å². The number of hydrogen-bond acceptors (Lipinski definition) is 4. The molecule has 1 atom stereocenters. The molecule has 0 spiro atoms. The molecule has 1 amide bonds. The maximum absolute atomic E-state index is 12.2. The number of nitrogens with one attached hydrogen (secondary N) is 2. The number of rotatable bonds is 6. The number of esters is 1. The third-order valence-electron chi connectivity index (χ3n) is 4.11. The molecule has 0 radical (unpaired) electrons. The van der Waals surface area contributed by atoms with E-state index in [0.29, 0.717) is 12.3 Å². The van der Waals surface area contributed by atoms with Gasteiger partial charge in [-0.25, -0.2) is 4.79 Å². The Morgan fingerprint density at radius 3 is 2.59 bits per heavy atom. The lowest BCUT2D eigenvalue weighted by atomic mass is 9.93. The van der Waals surface area contributed by atoms with Gasteiger partial charge in [0.2, 0.25) is 5.91 Å². The molecule has 2 N–H and O–H groups in total. The Kier molecular flexibility index (Phi) is 6.40. The highest BCUT2D eigenvalue weighted by atomic mass is 16.5. The first-order valence-corrected chi connectivity index (χ1v) is 7.83. The zero-order chi connectivity index (χ0) is 15.8. The van der Waals surface area contributed by atoms with E-state index in [0.717, 1.165) is 37.9 Å². The quantitative estimate of drug-likeness (QED) is 0.786. The van der Waals surface area contributed by atoms with Crippen LogP contribution in [0.3, 0.4) is 0 Å². The Bertz CT molecular complexity index is 484. The van der Waals surface area contributed by atoms with Gasteiger partial charge in [0.25, 0.3) is 0 Å². The first kappa shape index (κ1) is 16.5. The fourth-order valence-corrected chi connectivity index (χ4v) is 2.78. The lowest BCUT2D eigenvalue weighted by molar-refractivity contribution is -0.145. The van der Waals surface area contributed by atoms with Gasteiger partial charge in [-0.05, 0) is 43.8 Å². The standard InChI is InChI=1S/C17H24N2O3/c1-22-17(21)16(14-5-3-2-4-6-14)19-15(20)8-7-13-9-11-18-12-10-13/h2-6,13,16,18H,7-12H2,1H3,(H,19,20). The number of carbonyl (C=O) groups is 2. The predicted molar refractivity (Wildman–Crippen MR) is 84.2 cm³/mol. The lowest BCUT2D eigenvalue weighted by Crippen LogP contribution is -2.35. The molecular weight excluding hydrogens is 280 g/mol. The van der Waals surface area contributed by atoms with Crippen LogP contribution in [0.2, 0.25) is 0 Å². The van der Waals surface area contributed by atoms with Gasteiger partial charge < -0.3 is 15.4 Å². The summed E-state index contributed by atoms with van der Waals surface area (Å²) in [5.41, 5.74) is 0.740. The Morgan fingerprint density at radius 1 is 1.27 bits per heavy atom. The molecule has 1 saturated heterocycles. The van der Waals surface area contributed by atoms with E-state index in [9.17, 15) is 9.59 Å². The van der Waals surface area contributed by atoms with Crippen LogP contribution >= 0.6 is 0 Å². The number of carbonyl (C=O) groups excluding carboxylic acids is 2. The van der Waals surface area contributed by atoms with Crippen LogP contribution in [0, 0.1) is 5.92 Å². The molecule has 1 fully saturated rings. The molecule has 1 aromatic rings. The van der Waals surface area contributed by atoms with Gasteiger partial charge in [0, 0.05) is 6.42 Å². The monoisotopic (exact) mass is 304 g/mol. The summed E-state index contributed by atoms with van der Waals surface area (Å²) in [6, 6.07) is 8.45. The van der Waals surface area contributed by atoms with Crippen LogP contribution in [0.25, 0.3) is 0 Å². The fraction of sp³-hybridized carbons (Fsp3) is 0.529. The summed E-state index contributed by atoms with van der Waals surface area (Å²) in [4.78, 5) is 24.1. The molecule has 1 aliphatic heterocycles. The van der Waals surface area contributed by atoms with Crippen molar-refractivity contribution in [1.29, 1.82) is 0 Å². The second-order valence-corrected chi connectivity index (χ2v) is 5.67. The summed E-state index contributed by atoms with van der Waals surface area (Å²) in [7, 11) is 1.33. The van der Waals surface area contributed by atoms with Gasteiger partial charge in [-0.15, -0.1) is 0 Å². The highest BCUT2D eigenvalue weighted by Gasteiger charge is 2.23. The van der Waals surface area contributed by atoms with E-state index in [4.69, 9.17) is 4.74 Å². The average molecular weight is 304 g/mol. The highest BCUT2D eigenvalue weighted by molar-refractivity contribution is 5.85. The fourth-order valence-electron chi connectivity index (χ4n) is 2.78. The van der Waals surface area contributed by atoms with E-state index in [1.807, 2.05) is 30.3 Å². The lowest BCUT2D eigenvalue weighted by Gasteiger charge is -2.22. The smallest absolute Gasteiger partial charge is 0.333 e. The van der Waals surface area contributed by atoms with Gasteiger partial charge in [0.1, 0.15) is 0 Å². The number of hydrogen-bond donors (Lipinski definition) is 2. The molecule has 0 bridgehead atoms. The molecule has 1 heterocycles. The molecule has 1 unspecified atom stereocenters. The van der Waals surface area contributed by atoms with Gasteiger partial charge in [0.15, 0.2) is 6.04 Å². The van der Waals surface area contributed by atoms with Crippen LogP contribution in [0.15, 0.2) is 30.3 Å². The van der Waals surface area contributed by atoms with Gasteiger partial charge in [0.05, 0.1) is 7.11 Å². The van der Waals surface area contributed by atoms with E-state index >= 15 is 0 Å². The number of methoxy groups -OCH3 is 1. The van der Waals surface area contributed by atoms with Crippen LogP contribution in [-0.2, 0) is 14.3 Å². The molecule has 22 heavy (non-hydrogen) atoms.